The number of likely N-dealkylation sites (tertiary alicyclic amines) is 1. The third kappa shape index (κ3) is 6.79. The highest BCUT2D eigenvalue weighted by molar-refractivity contribution is 6.35. The summed E-state index contributed by atoms with van der Waals surface area (Å²) in [7, 11) is 0. The van der Waals surface area contributed by atoms with Crippen molar-refractivity contribution in [3.8, 4) is 11.1 Å². The number of amides is 1. The van der Waals surface area contributed by atoms with Crippen molar-refractivity contribution >= 4 is 46.9 Å². The van der Waals surface area contributed by atoms with E-state index in [0.29, 0.717) is 22.6 Å². The molecule has 1 aliphatic carbocycles. The summed E-state index contributed by atoms with van der Waals surface area (Å²) >= 11 is 19.1. The number of fused-ring (bicyclic) bond motifs is 3. The Labute approximate surface area is 294 Å². The normalized spacial score (nSPS) is 20.7. The van der Waals surface area contributed by atoms with E-state index in [0.717, 1.165) is 22.3 Å². The largest absolute Gasteiger partial charge is 0.480 e. The van der Waals surface area contributed by atoms with E-state index in [1.807, 2.05) is 57.2 Å². The van der Waals surface area contributed by atoms with Crippen molar-refractivity contribution < 1.29 is 23.8 Å². The van der Waals surface area contributed by atoms with Crippen LogP contribution in [0.4, 0.5) is 9.18 Å². The first-order valence-corrected chi connectivity index (χ1v) is 16.9. The van der Waals surface area contributed by atoms with Gasteiger partial charge in [0.25, 0.3) is 0 Å². The second-order valence-corrected chi connectivity index (χ2v) is 15.0. The fourth-order valence-electron chi connectivity index (χ4n) is 7.55. The fraction of sp³-hybridized carbons (Fsp3) is 0.316. The summed E-state index contributed by atoms with van der Waals surface area (Å²) in [5.74, 6) is -3.26. The van der Waals surface area contributed by atoms with Gasteiger partial charge >= 0.3 is 12.1 Å². The number of hydrogen-bond acceptors (Lipinski definition) is 4. The first-order valence-electron chi connectivity index (χ1n) is 15.8. The molecular formula is C38H36Cl3FN2O4. The van der Waals surface area contributed by atoms with E-state index >= 15 is 4.39 Å². The third-order valence-corrected chi connectivity index (χ3v) is 10.2. The Morgan fingerprint density at radius 1 is 0.833 bits per heavy atom. The lowest BCUT2D eigenvalue weighted by molar-refractivity contribution is -0.143. The van der Waals surface area contributed by atoms with Gasteiger partial charge in [-0.05, 0) is 69.5 Å². The van der Waals surface area contributed by atoms with E-state index in [2.05, 4.69) is 17.4 Å². The molecule has 0 bridgehead atoms. The SMILES string of the molecule is CC(C)(C)CC1C(c2ccc(Cl)cc2F)C(c2ccc(Cl)cc2Cl)C(C(=O)O)N1CNC(=O)OCC1c2ccccc2-c2ccccc21. The lowest BCUT2D eigenvalue weighted by atomic mass is 9.74. The molecule has 0 saturated carbocycles. The molecule has 4 aromatic rings. The third-order valence-electron chi connectivity index (χ3n) is 9.39. The van der Waals surface area contributed by atoms with Crippen molar-refractivity contribution in [1.82, 2.24) is 10.2 Å². The molecule has 48 heavy (non-hydrogen) atoms. The molecule has 0 radical (unpaired) electrons. The predicted octanol–water partition coefficient (Wildman–Crippen LogP) is 9.72. The molecule has 2 aliphatic rings. The number of benzene rings is 4. The van der Waals surface area contributed by atoms with Crippen molar-refractivity contribution in [3.63, 3.8) is 0 Å². The van der Waals surface area contributed by atoms with Crippen molar-refractivity contribution in [3.05, 3.63) is 128 Å². The number of nitrogens with one attached hydrogen (secondary N) is 1. The molecule has 0 spiro atoms. The van der Waals surface area contributed by atoms with Crippen LogP contribution in [-0.4, -0.2) is 47.4 Å². The molecule has 1 aliphatic heterocycles. The van der Waals surface area contributed by atoms with Crippen LogP contribution in [0.25, 0.3) is 11.1 Å². The molecule has 10 heteroatoms. The minimum Gasteiger partial charge on any atom is -0.480 e. The Kier molecular flexibility index (Phi) is 9.78. The van der Waals surface area contributed by atoms with E-state index < -0.39 is 41.8 Å². The molecule has 1 heterocycles. The molecule has 2 N–H and O–H groups in total. The van der Waals surface area contributed by atoms with Crippen LogP contribution in [0.15, 0.2) is 84.9 Å². The number of carboxylic acid groups (broad SMARTS) is 1. The van der Waals surface area contributed by atoms with Crippen molar-refractivity contribution in [2.45, 2.75) is 57.0 Å². The quantitative estimate of drug-likeness (QED) is 0.191. The average molecular weight is 710 g/mol. The average Bonchev–Trinajstić information content (AvgIpc) is 3.50. The second kappa shape index (κ2) is 13.7. The lowest BCUT2D eigenvalue weighted by Gasteiger charge is -2.35. The minimum absolute atomic E-state index is 0.106. The van der Waals surface area contributed by atoms with Gasteiger partial charge in [-0.25, -0.2) is 9.18 Å². The Bertz CT molecular complexity index is 1820. The number of alkyl carbamates (subject to hydrolysis) is 1. The summed E-state index contributed by atoms with van der Waals surface area (Å²) in [6.07, 6.45) is -0.199. The molecular weight excluding hydrogens is 674 g/mol. The van der Waals surface area contributed by atoms with Crippen molar-refractivity contribution in [1.29, 1.82) is 0 Å². The lowest BCUT2D eigenvalue weighted by Crippen LogP contribution is -2.49. The highest BCUT2D eigenvalue weighted by Crippen LogP contribution is 2.53. The van der Waals surface area contributed by atoms with Gasteiger partial charge in [-0.15, -0.1) is 0 Å². The van der Waals surface area contributed by atoms with Crippen LogP contribution in [0.5, 0.6) is 0 Å². The number of rotatable bonds is 8. The van der Waals surface area contributed by atoms with E-state index in [-0.39, 0.29) is 34.7 Å². The van der Waals surface area contributed by atoms with Gasteiger partial charge in [0.2, 0.25) is 0 Å². The summed E-state index contributed by atoms with van der Waals surface area (Å²) < 4.78 is 21.6. The fourth-order valence-corrected chi connectivity index (χ4v) is 8.24. The number of aliphatic carboxylic acids is 1. The van der Waals surface area contributed by atoms with E-state index in [9.17, 15) is 14.7 Å². The van der Waals surface area contributed by atoms with Crippen LogP contribution in [0.1, 0.15) is 67.2 Å². The standard InChI is InChI=1S/C38H36Cl3FN2O4/c1-38(2,3)18-32-33(28-15-13-22(40)17-31(28)42)34(27-14-12-21(39)16-30(27)41)35(36(45)46)44(32)20-43-37(47)48-19-29-25-10-6-4-8-23(25)24-9-5-7-11-26(24)29/h4-17,29,32-35H,18-20H2,1-3H3,(H,43,47)(H,45,46). The highest BCUT2D eigenvalue weighted by Gasteiger charge is 2.55. The molecule has 1 fully saturated rings. The van der Waals surface area contributed by atoms with Crippen LogP contribution in [0, 0.1) is 11.2 Å². The number of halogens is 4. The first kappa shape index (κ1) is 34.3. The summed E-state index contributed by atoms with van der Waals surface area (Å²) in [5.41, 5.74) is 4.93. The van der Waals surface area contributed by atoms with Gasteiger partial charge in [0.15, 0.2) is 0 Å². The van der Waals surface area contributed by atoms with Gasteiger partial charge in [-0.1, -0.05) is 116 Å². The molecule has 4 unspecified atom stereocenters. The van der Waals surface area contributed by atoms with Gasteiger partial charge in [0, 0.05) is 38.9 Å². The molecule has 6 nitrogen and oxygen atoms in total. The van der Waals surface area contributed by atoms with Crippen LogP contribution in [0.2, 0.25) is 15.1 Å². The Hall–Kier alpha value is -3.62. The zero-order valence-electron chi connectivity index (χ0n) is 26.7. The highest BCUT2D eigenvalue weighted by atomic mass is 35.5. The van der Waals surface area contributed by atoms with Gasteiger partial charge in [-0.2, -0.15) is 0 Å². The zero-order valence-corrected chi connectivity index (χ0v) is 29.0. The van der Waals surface area contributed by atoms with Gasteiger partial charge in [0.1, 0.15) is 18.5 Å². The number of ether oxygens (including phenoxy) is 1. The molecule has 250 valence electrons. The number of hydrogen-bond donors (Lipinski definition) is 2. The topological polar surface area (TPSA) is 78.9 Å². The van der Waals surface area contributed by atoms with E-state index in [4.69, 9.17) is 39.5 Å². The summed E-state index contributed by atoms with van der Waals surface area (Å²) in [5, 5.41) is 14.5. The molecule has 6 rings (SSSR count). The van der Waals surface area contributed by atoms with Gasteiger partial charge in [0.05, 0.1) is 6.67 Å². The minimum atomic E-state index is -1.18. The Morgan fingerprint density at radius 3 is 1.98 bits per heavy atom. The van der Waals surface area contributed by atoms with Gasteiger partial charge < -0.3 is 15.2 Å². The maximum Gasteiger partial charge on any atom is 0.408 e. The molecule has 1 amide bonds. The Balaban J connectivity index is 1.32. The first-order chi connectivity index (χ1) is 22.8. The molecule has 1 saturated heterocycles. The van der Waals surface area contributed by atoms with Crippen LogP contribution >= 0.6 is 34.8 Å². The van der Waals surface area contributed by atoms with Crippen molar-refractivity contribution in [2.75, 3.05) is 13.3 Å². The van der Waals surface area contributed by atoms with Crippen LogP contribution < -0.4 is 5.32 Å². The van der Waals surface area contributed by atoms with Gasteiger partial charge in [-0.3, -0.25) is 9.69 Å². The summed E-state index contributed by atoms with van der Waals surface area (Å²) in [6.45, 7) is 6.07. The number of carboxylic acids is 1. The van der Waals surface area contributed by atoms with E-state index in [1.54, 1.807) is 35.2 Å². The second-order valence-electron chi connectivity index (χ2n) is 13.7. The Morgan fingerprint density at radius 2 is 1.42 bits per heavy atom. The number of carbonyl (C=O) groups excluding carboxylic acids is 1. The maximum atomic E-state index is 15.8. The van der Waals surface area contributed by atoms with Crippen molar-refractivity contribution in [2.24, 2.45) is 5.41 Å². The number of nitrogens with zero attached hydrogens (tertiary/aromatic N) is 1. The molecule has 4 aromatic carbocycles. The predicted molar refractivity (Wildman–Crippen MR) is 188 cm³/mol. The smallest absolute Gasteiger partial charge is 0.408 e. The molecule has 0 aromatic heterocycles. The maximum absolute atomic E-state index is 15.8. The van der Waals surface area contributed by atoms with Crippen LogP contribution in [-0.2, 0) is 9.53 Å². The van der Waals surface area contributed by atoms with E-state index in [1.165, 1.54) is 6.07 Å². The summed E-state index contributed by atoms with van der Waals surface area (Å²) in [6, 6.07) is 23.8. The number of carbonyl (C=O) groups is 2. The monoisotopic (exact) mass is 708 g/mol. The molecule has 4 atom stereocenters. The zero-order chi connectivity index (χ0) is 34.3. The van der Waals surface area contributed by atoms with Crippen LogP contribution in [0.3, 0.4) is 0 Å². The summed E-state index contributed by atoms with van der Waals surface area (Å²) in [4.78, 5) is 28.3.